The Kier molecular flexibility index (Phi) is 3.06. The highest BCUT2D eigenvalue weighted by Crippen LogP contribution is 2.32. The first-order valence-electron chi connectivity index (χ1n) is 4.02. The van der Waals surface area contributed by atoms with E-state index in [4.69, 9.17) is 5.73 Å². The van der Waals surface area contributed by atoms with Gasteiger partial charge in [0.2, 0.25) is 0 Å². The van der Waals surface area contributed by atoms with Crippen LogP contribution >= 0.6 is 0 Å². The van der Waals surface area contributed by atoms with Crippen LogP contribution in [0.4, 0.5) is 23.2 Å². The average molecular weight is 237 g/mol. The highest BCUT2D eigenvalue weighted by molar-refractivity contribution is 5.95. The van der Waals surface area contributed by atoms with E-state index < -0.39 is 34.8 Å². The van der Waals surface area contributed by atoms with Gasteiger partial charge in [0.1, 0.15) is 11.4 Å². The van der Waals surface area contributed by atoms with Gasteiger partial charge in [-0.1, -0.05) is 0 Å². The number of carbonyl (C=O) groups is 1. The number of anilines is 1. The quantitative estimate of drug-likeness (QED) is 0.463. The van der Waals surface area contributed by atoms with E-state index in [-0.39, 0.29) is 6.07 Å². The van der Waals surface area contributed by atoms with E-state index in [9.17, 15) is 22.4 Å². The first-order chi connectivity index (χ1) is 7.27. The van der Waals surface area contributed by atoms with Gasteiger partial charge in [0.05, 0.1) is 12.7 Å². The van der Waals surface area contributed by atoms with Crippen LogP contribution in [-0.2, 0) is 10.9 Å². The van der Waals surface area contributed by atoms with Crippen LogP contribution < -0.4 is 5.73 Å². The van der Waals surface area contributed by atoms with Gasteiger partial charge in [-0.05, 0) is 12.1 Å². The first kappa shape index (κ1) is 12.3. The number of rotatable bonds is 1. The minimum atomic E-state index is -4.72. The van der Waals surface area contributed by atoms with Crippen molar-refractivity contribution in [3.05, 3.63) is 29.1 Å². The number of carbonyl (C=O) groups excluding carboxylic acids is 1. The molecule has 0 fully saturated rings. The SMILES string of the molecule is COC(=O)c1c(N)cc(C(F)(F)F)cc1F. The van der Waals surface area contributed by atoms with Crippen LogP contribution in [0.1, 0.15) is 15.9 Å². The Hall–Kier alpha value is -1.79. The van der Waals surface area contributed by atoms with E-state index in [1.807, 2.05) is 0 Å². The third kappa shape index (κ3) is 2.23. The van der Waals surface area contributed by atoms with Crippen LogP contribution in [0, 0.1) is 5.82 Å². The van der Waals surface area contributed by atoms with Crippen molar-refractivity contribution in [1.29, 1.82) is 0 Å². The lowest BCUT2D eigenvalue weighted by Gasteiger charge is -2.10. The maximum Gasteiger partial charge on any atom is 0.416 e. The van der Waals surface area contributed by atoms with Crippen LogP contribution in [0.3, 0.4) is 0 Å². The van der Waals surface area contributed by atoms with E-state index in [0.29, 0.717) is 6.07 Å². The molecular weight excluding hydrogens is 230 g/mol. The second-order valence-corrected chi connectivity index (χ2v) is 2.91. The number of methoxy groups -OCH3 is 1. The third-order valence-electron chi connectivity index (χ3n) is 1.84. The molecule has 0 unspecified atom stereocenters. The zero-order chi connectivity index (χ0) is 12.5. The summed E-state index contributed by atoms with van der Waals surface area (Å²) in [6.45, 7) is 0. The van der Waals surface area contributed by atoms with Crippen LogP contribution in [0.25, 0.3) is 0 Å². The molecule has 0 aliphatic carbocycles. The molecule has 0 bridgehead atoms. The molecule has 1 aromatic rings. The van der Waals surface area contributed by atoms with Crippen molar-refractivity contribution in [2.24, 2.45) is 0 Å². The zero-order valence-electron chi connectivity index (χ0n) is 8.06. The predicted molar refractivity (Wildman–Crippen MR) is 47.2 cm³/mol. The summed E-state index contributed by atoms with van der Waals surface area (Å²) in [5.41, 5.74) is 2.59. The third-order valence-corrected chi connectivity index (χ3v) is 1.84. The van der Waals surface area contributed by atoms with Crippen molar-refractivity contribution in [1.82, 2.24) is 0 Å². The molecule has 0 aliphatic heterocycles. The molecule has 2 N–H and O–H groups in total. The molecule has 0 amide bonds. The highest BCUT2D eigenvalue weighted by Gasteiger charge is 2.33. The molecule has 0 spiro atoms. The molecule has 1 aromatic carbocycles. The number of nitrogens with two attached hydrogens (primary N) is 1. The minimum absolute atomic E-state index is 0.197. The lowest BCUT2D eigenvalue weighted by molar-refractivity contribution is -0.137. The summed E-state index contributed by atoms with van der Waals surface area (Å²) in [6.07, 6.45) is -4.72. The van der Waals surface area contributed by atoms with Crippen molar-refractivity contribution in [3.8, 4) is 0 Å². The molecule has 0 aliphatic rings. The second kappa shape index (κ2) is 3.99. The lowest BCUT2D eigenvalue weighted by atomic mass is 10.1. The summed E-state index contributed by atoms with van der Waals surface area (Å²) in [7, 11) is 0.971. The topological polar surface area (TPSA) is 52.3 Å². The Bertz CT molecular complexity index is 405. The summed E-state index contributed by atoms with van der Waals surface area (Å²) in [6, 6.07) is 0.679. The molecule has 0 radical (unpaired) electrons. The Morgan fingerprint density at radius 1 is 1.38 bits per heavy atom. The largest absolute Gasteiger partial charge is 0.465 e. The molecule has 16 heavy (non-hydrogen) atoms. The lowest BCUT2D eigenvalue weighted by Crippen LogP contribution is -2.13. The van der Waals surface area contributed by atoms with Crippen LogP contribution in [0.15, 0.2) is 12.1 Å². The molecule has 88 valence electrons. The Labute approximate surface area is 87.8 Å². The van der Waals surface area contributed by atoms with E-state index in [1.54, 1.807) is 0 Å². The Balaban J connectivity index is 3.34. The summed E-state index contributed by atoms with van der Waals surface area (Å²) in [5.74, 6) is -2.48. The van der Waals surface area contributed by atoms with Crippen molar-refractivity contribution in [2.45, 2.75) is 6.18 Å². The van der Waals surface area contributed by atoms with Crippen molar-refractivity contribution in [2.75, 3.05) is 12.8 Å². The van der Waals surface area contributed by atoms with Crippen molar-refractivity contribution >= 4 is 11.7 Å². The molecule has 1 rings (SSSR count). The molecular formula is C9H7F4NO2. The minimum Gasteiger partial charge on any atom is -0.465 e. The number of alkyl halides is 3. The fraction of sp³-hybridized carbons (Fsp3) is 0.222. The van der Waals surface area contributed by atoms with E-state index in [0.717, 1.165) is 7.11 Å². The van der Waals surface area contributed by atoms with Crippen LogP contribution in [0.2, 0.25) is 0 Å². The summed E-state index contributed by atoms with van der Waals surface area (Å²) in [5, 5.41) is 0. The number of halogens is 4. The predicted octanol–water partition coefficient (Wildman–Crippen LogP) is 2.21. The second-order valence-electron chi connectivity index (χ2n) is 2.91. The zero-order valence-corrected chi connectivity index (χ0v) is 8.06. The molecule has 0 atom stereocenters. The molecule has 0 heterocycles. The number of esters is 1. The van der Waals surface area contributed by atoms with Crippen molar-refractivity contribution < 1.29 is 27.1 Å². The Morgan fingerprint density at radius 3 is 2.31 bits per heavy atom. The smallest absolute Gasteiger partial charge is 0.416 e. The number of ether oxygens (including phenoxy) is 1. The summed E-state index contributed by atoms with van der Waals surface area (Å²) < 4.78 is 54.1. The average Bonchev–Trinajstić information content (AvgIpc) is 2.14. The van der Waals surface area contributed by atoms with Crippen molar-refractivity contribution in [3.63, 3.8) is 0 Å². The van der Waals surface area contributed by atoms with Crippen LogP contribution in [0.5, 0.6) is 0 Å². The van der Waals surface area contributed by atoms with Gasteiger partial charge in [0.15, 0.2) is 0 Å². The molecule has 0 saturated carbocycles. The molecule has 7 heteroatoms. The van der Waals surface area contributed by atoms with E-state index >= 15 is 0 Å². The number of benzene rings is 1. The highest BCUT2D eigenvalue weighted by atomic mass is 19.4. The normalized spacial score (nSPS) is 11.3. The maximum atomic E-state index is 13.2. The van der Waals surface area contributed by atoms with Gasteiger partial charge in [0.25, 0.3) is 0 Å². The first-order valence-corrected chi connectivity index (χ1v) is 4.02. The van der Waals surface area contributed by atoms with E-state index in [2.05, 4.69) is 4.74 Å². The van der Waals surface area contributed by atoms with E-state index in [1.165, 1.54) is 0 Å². The fourth-order valence-corrected chi connectivity index (χ4v) is 1.11. The number of hydrogen-bond acceptors (Lipinski definition) is 3. The van der Waals surface area contributed by atoms with Gasteiger partial charge < -0.3 is 10.5 Å². The molecule has 0 saturated heterocycles. The van der Waals surface area contributed by atoms with Gasteiger partial charge in [-0.3, -0.25) is 0 Å². The van der Waals surface area contributed by atoms with Gasteiger partial charge in [-0.25, -0.2) is 9.18 Å². The summed E-state index contributed by atoms with van der Waals surface area (Å²) >= 11 is 0. The number of nitrogen functional groups attached to an aromatic ring is 1. The van der Waals surface area contributed by atoms with Crippen LogP contribution in [-0.4, -0.2) is 13.1 Å². The van der Waals surface area contributed by atoms with Gasteiger partial charge in [-0.2, -0.15) is 13.2 Å². The molecule has 3 nitrogen and oxygen atoms in total. The standard InChI is InChI=1S/C9H7F4NO2/c1-16-8(15)7-5(10)2-4(3-6(7)14)9(11,12)13/h2-3H,14H2,1H3. The van der Waals surface area contributed by atoms with Gasteiger partial charge in [-0.15, -0.1) is 0 Å². The van der Waals surface area contributed by atoms with Gasteiger partial charge >= 0.3 is 12.1 Å². The Morgan fingerprint density at radius 2 is 1.94 bits per heavy atom. The van der Waals surface area contributed by atoms with Gasteiger partial charge in [0, 0.05) is 5.69 Å². The molecule has 0 aromatic heterocycles. The monoisotopic (exact) mass is 237 g/mol. The maximum absolute atomic E-state index is 13.2. The fourth-order valence-electron chi connectivity index (χ4n) is 1.11. The number of hydrogen-bond donors (Lipinski definition) is 1. The summed E-state index contributed by atoms with van der Waals surface area (Å²) in [4.78, 5) is 11.0.